The van der Waals surface area contributed by atoms with Crippen LogP contribution in [0.3, 0.4) is 0 Å². The fourth-order valence-electron chi connectivity index (χ4n) is 8.54. The van der Waals surface area contributed by atoms with Crippen molar-refractivity contribution in [2.24, 2.45) is 46.1 Å². The summed E-state index contributed by atoms with van der Waals surface area (Å²) in [6.45, 7) is 2.32. The van der Waals surface area contributed by atoms with Crippen molar-refractivity contribution in [1.29, 1.82) is 0 Å². The lowest BCUT2D eigenvalue weighted by molar-refractivity contribution is -0.165. The summed E-state index contributed by atoms with van der Waals surface area (Å²) in [5.41, 5.74) is 2.31. The molecule has 0 aromatic heterocycles. The number of hydrogen-bond acceptors (Lipinski definition) is 4. The maximum Gasteiger partial charge on any atom is 0.331 e. The highest BCUT2D eigenvalue weighted by Gasteiger charge is 2.70. The van der Waals surface area contributed by atoms with Gasteiger partial charge in [0.15, 0.2) is 0 Å². The molecule has 0 saturated heterocycles. The summed E-state index contributed by atoms with van der Waals surface area (Å²) in [6.07, 6.45) is 15.2. The monoisotopic (exact) mass is 367 g/mol. The van der Waals surface area contributed by atoms with Gasteiger partial charge < -0.3 is 9.94 Å². The zero-order valence-electron chi connectivity index (χ0n) is 16.1. The fraction of sp³-hybridized carbons (Fsp3) is 0.739. The van der Waals surface area contributed by atoms with Crippen LogP contribution >= 0.6 is 0 Å². The molecule has 6 aliphatic rings. The van der Waals surface area contributed by atoms with Crippen molar-refractivity contribution in [3.8, 4) is 0 Å². The second-order valence-corrected chi connectivity index (χ2v) is 9.97. The molecule has 3 unspecified atom stereocenters. The van der Waals surface area contributed by atoms with Crippen molar-refractivity contribution >= 4 is 11.7 Å². The van der Waals surface area contributed by atoms with Gasteiger partial charge in [-0.3, -0.25) is 0 Å². The molecule has 6 rings (SSSR count). The largest absolute Gasteiger partial charge is 0.451 e. The van der Waals surface area contributed by atoms with E-state index >= 15 is 0 Å². The molecular weight excluding hydrogens is 338 g/mol. The van der Waals surface area contributed by atoms with E-state index in [4.69, 9.17) is 4.74 Å². The molecule has 27 heavy (non-hydrogen) atoms. The topological polar surface area (TPSA) is 58.9 Å². The highest BCUT2D eigenvalue weighted by Crippen LogP contribution is 2.73. The van der Waals surface area contributed by atoms with E-state index in [1.165, 1.54) is 25.7 Å². The lowest BCUT2D eigenvalue weighted by Crippen LogP contribution is -2.54. The van der Waals surface area contributed by atoms with Crippen LogP contribution in [-0.4, -0.2) is 22.5 Å². The van der Waals surface area contributed by atoms with Gasteiger partial charge in [-0.2, -0.15) is 0 Å². The smallest absolute Gasteiger partial charge is 0.331 e. The number of carbonyl (C=O) groups excluding carboxylic acids is 1. The number of fused-ring (bicyclic) bond motifs is 9. The van der Waals surface area contributed by atoms with Crippen LogP contribution in [0, 0.1) is 40.9 Å². The number of carbonyl (C=O) groups is 1. The molecule has 0 radical (unpaired) electrons. The number of allylic oxidation sites excluding steroid dienone is 2. The Balaban J connectivity index is 1.38. The van der Waals surface area contributed by atoms with Gasteiger partial charge in [0, 0.05) is 11.5 Å². The van der Waals surface area contributed by atoms with Gasteiger partial charge in [0.1, 0.15) is 5.60 Å². The van der Waals surface area contributed by atoms with Crippen LogP contribution in [0.4, 0.5) is 0 Å². The third kappa shape index (κ3) is 1.90. The van der Waals surface area contributed by atoms with Crippen molar-refractivity contribution in [3.05, 3.63) is 23.8 Å². The molecule has 4 heteroatoms. The summed E-state index contributed by atoms with van der Waals surface area (Å²) < 4.78 is 6.03. The number of rotatable bonds is 1. The number of esters is 1. The Labute approximate surface area is 160 Å². The quantitative estimate of drug-likeness (QED) is 0.422. The molecular formula is C23H29NO3. The first kappa shape index (κ1) is 16.4. The van der Waals surface area contributed by atoms with Gasteiger partial charge in [0.2, 0.25) is 0 Å². The summed E-state index contributed by atoms with van der Waals surface area (Å²) >= 11 is 0. The average Bonchev–Trinajstić information content (AvgIpc) is 3.32. The van der Waals surface area contributed by atoms with Gasteiger partial charge in [-0.1, -0.05) is 17.7 Å². The standard InChI is InChI=1S/C23H29NO3/c1-2-22-8-5-15-14-4-3-13(24-26)11-16(14)17-12-18(17)21(15)19(22)6-9-23(22)10-7-20(25)27-23/h7,10-11,14-15,17-19,21,26H,2-6,8-9,12H2,1H3/b24-13+/t14-,15?,17-,18-,19?,21?,22+,23-/m1/s1. The van der Waals surface area contributed by atoms with Crippen molar-refractivity contribution in [1.82, 2.24) is 0 Å². The molecule has 8 atom stereocenters. The van der Waals surface area contributed by atoms with E-state index in [1.807, 2.05) is 0 Å². The van der Waals surface area contributed by atoms with Crippen LogP contribution < -0.4 is 0 Å². The highest BCUT2D eigenvalue weighted by molar-refractivity contribution is 5.96. The van der Waals surface area contributed by atoms with Crippen molar-refractivity contribution in [2.45, 2.75) is 63.9 Å². The predicted molar refractivity (Wildman–Crippen MR) is 101 cm³/mol. The lowest BCUT2D eigenvalue weighted by Gasteiger charge is -2.56. The second-order valence-electron chi connectivity index (χ2n) is 9.97. The Kier molecular flexibility index (Phi) is 3.20. The van der Waals surface area contributed by atoms with E-state index in [9.17, 15) is 10.0 Å². The van der Waals surface area contributed by atoms with Gasteiger partial charge in [-0.25, -0.2) is 4.79 Å². The number of nitrogens with zero attached hydrogens (tertiary/aromatic N) is 1. The summed E-state index contributed by atoms with van der Waals surface area (Å²) in [5, 5.41) is 12.7. The maximum absolute atomic E-state index is 12.0. The second kappa shape index (κ2) is 5.27. The summed E-state index contributed by atoms with van der Waals surface area (Å²) in [4.78, 5) is 12.0. The number of ether oxygens (including phenoxy) is 1. The molecule has 4 saturated carbocycles. The molecule has 0 amide bonds. The Hall–Kier alpha value is -1.58. The number of hydrogen-bond donors (Lipinski definition) is 1. The van der Waals surface area contributed by atoms with Gasteiger partial charge in [0.25, 0.3) is 0 Å². The molecule has 1 N–H and O–H groups in total. The maximum atomic E-state index is 12.0. The third-order valence-corrected chi connectivity index (χ3v) is 9.54. The molecule has 144 valence electrons. The molecule has 1 aliphatic heterocycles. The van der Waals surface area contributed by atoms with Crippen molar-refractivity contribution in [2.75, 3.05) is 0 Å². The van der Waals surface area contributed by atoms with E-state index < -0.39 is 0 Å². The highest BCUT2D eigenvalue weighted by atomic mass is 16.6. The normalized spacial score (nSPS) is 53.4. The summed E-state index contributed by atoms with van der Waals surface area (Å²) in [7, 11) is 0. The summed E-state index contributed by atoms with van der Waals surface area (Å²) in [6, 6.07) is 0. The Morgan fingerprint density at radius 3 is 2.85 bits per heavy atom. The van der Waals surface area contributed by atoms with Crippen LogP contribution in [0.5, 0.6) is 0 Å². The van der Waals surface area contributed by atoms with Crippen LogP contribution in [0.1, 0.15) is 58.3 Å². The van der Waals surface area contributed by atoms with Crippen LogP contribution in [0.25, 0.3) is 0 Å². The molecule has 0 bridgehead atoms. The van der Waals surface area contributed by atoms with Gasteiger partial charge in [-0.15, -0.1) is 0 Å². The zero-order chi connectivity index (χ0) is 18.4. The minimum absolute atomic E-state index is 0.133. The summed E-state index contributed by atoms with van der Waals surface area (Å²) in [5.74, 6) is 4.36. The Morgan fingerprint density at radius 1 is 1.22 bits per heavy atom. The van der Waals surface area contributed by atoms with E-state index in [1.54, 1.807) is 11.6 Å². The first-order chi connectivity index (χ1) is 13.1. The van der Waals surface area contributed by atoms with E-state index in [-0.39, 0.29) is 17.0 Å². The van der Waals surface area contributed by atoms with Crippen LogP contribution in [-0.2, 0) is 9.53 Å². The minimum Gasteiger partial charge on any atom is -0.451 e. The molecule has 0 aromatic rings. The van der Waals surface area contributed by atoms with E-state index in [2.05, 4.69) is 24.2 Å². The molecule has 4 nitrogen and oxygen atoms in total. The van der Waals surface area contributed by atoms with Crippen molar-refractivity contribution < 1.29 is 14.7 Å². The molecule has 5 aliphatic carbocycles. The zero-order valence-corrected chi connectivity index (χ0v) is 16.1. The number of oxime groups is 1. The SMILES string of the molecule is CC[C@]12CCC3C(C1CC[C@@]21C=CC(=O)O1)[C@@H]1C[C@@H]1C1=C/C(=N/O)CC[C@@H]13. The van der Waals surface area contributed by atoms with Gasteiger partial charge in [-0.05, 0) is 99.0 Å². The predicted octanol–water partition coefficient (Wildman–Crippen LogP) is 4.49. The van der Waals surface area contributed by atoms with Crippen molar-refractivity contribution in [3.63, 3.8) is 0 Å². The first-order valence-corrected chi connectivity index (χ1v) is 11.0. The average molecular weight is 367 g/mol. The van der Waals surface area contributed by atoms with Crippen LogP contribution in [0.15, 0.2) is 29.0 Å². The fourth-order valence-corrected chi connectivity index (χ4v) is 8.54. The molecule has 4 fully saturated rings. The van der Waals surface area contributed by atoms with Gasteiger partial charge in [0.05, 0.1) is 5.71 Å². The Morgan fingerprint density at radius 2 is 2.11 bits per heavy atom. The lowest BCUT2D eigenvalue weighted by atomic mass is 9.49. The first-order valence-electron chi connectivity index (χ1n) is 11.0. The van der Waals surface area contributed by atoms with E-state index in [0.717, 1.165) is 55.1 Å². The Bertz CT molecular complexity index is 797. The third-order valence-electron chi connectivity index (χ3n) is 9.54. The van der Waals surface area contributed by atoms with Crippen LogP contribution in [0.2, 0.25) is 0 Å². The van der Waals surface area contributed by atoms with Gasteiger partial charge >= 0.3 is 5.97 Å². The minimum atomic E-state index is -0.321. The van der Waals surface area contributed by atoms with E-state index in [0.29, 0.717) is 11.8 Å². The molecule has 1 heterocycles. The molecule has 1 spiro atoms. The molecule has 0 aromatic carbocycles.